The van der Waals surface area contributed by atoms with Crippen LogP contribution in [0.15, 0.2) is 12.5 Å². The first-order valence-electron chi connectivity index (χ1n) is 6.79. The van der Waals surface area contributed by atoms with E-state index in [1.165, 1.54) is 18.5 Å². The molecule has 96 valence electrons. The smallest absolute Gasteiger partial charge is 0.0951 e. The predicted octanol–water partition coefficient (Wildman–Crippen LogP) is 3.15. The van der Waals surface area contributed by atoms with E-state index in [9.17, 15) is 0 Å². The van der Waals surface area contributed by atoms with Crippen molar-refractivity contribution in [1.82, 2.24) is 9.55 Å². The number of imidazole rings is 1. The Balaban J connectivity index is 2.25. The normalized spacial score (nSPS) is 31.1. The van der Waals surface area contributed by atoms with Gasteiger partial charge >= 0.3 is 0 Å². The van der Waals surface area contributed by atoms with Gasteiger partial charge in [0, 0.05) is 18.3 Å². The summed E-state index contributed by atoms with van der Waals surface area (Å²) in [4.78, 5) is 4.31. The Bertz CT molecular complexity index is 369. The molecule has 1 aliphatic rings. The Labute approximate surface area is 104 Å². The van der Waals surface area contributed by atoms with Gasteiger partial charge in [-0.1, -0.05) is 27.7 Å². The minimum Gasteiger partial charge on any atom is -0.330 e. The second kappa shape index (κ2) is 4.81. The second-order valence-corrected chi connectivity index (χ2v) is 5.98. The van der Waals surface area contributed by atoms with Crippen molar-refractivity contribution in [2.24, 2.45) is 23.5 Å². The zero-order valence-electron chi connectivity index (χ0n) is 11.4. The van der Waals surface area contributed by atoms with Crippen molar-refractivity contribution in [1.29, 1.82) is 0 Å². The number of aromatic nitrogens is 2. The molecule has 1 heterocycles. The lowest BCUT2D eigenvalue weighted by Crippen LogP contribution is -2.24. The Morgan fingerprint density at radius 3 is 2.59 bits per heavy atom. The molecule has 3 heteroatoms. The number of nitrogens with two attached hydrogens (primary N) is 1. The topological polar surface area (TPSA) is 43.8 Å². The largest absolute Gasteiger partial charge is 0.330 e. The van der Waals surface area contributed by atoms with E-state index >= 15 is 0 Å². The Morgan fingerprint density at radius 2 is 2.06 bits per heavy atom. The molecule has 17 heavy (non-hydrogen) atoms. The first kappa shape index (κ1) is 12.6. The van der Waals surface area contributed by atoms with E-state index < -0.39 is 0 Å². The van der Waals surface area contributed by atoms with E-state index in [-0.39, 0.29) is 6.04 Å². The van der Waals surface area contributed by atoms with E-state index in [0.29, 0.717) is 12.0 Å². The minimum atomic E-state index is 0.0978. The maximum absolute atomic E-state index is 6.27. The maximum Gasteiger partial charge on any atom is 0.0951 e. The molecule has 2 N–H and O–H groups in total. The summed E-state index contributed by atoms with van der Waals surface area (Å²) in [6.07, 6.45) is 6.49. The zero-order chi connectivity index (χ0) is 12.6. The molecule has 1 aromatic rings. The van der Waals surface area contributed by atoms with Gasteiger partial charge in [-0.3, -0.25) is 0 Å². The van der Waals surface area contributed by atoms with Crippen molar-refractivity contribution >= 4 is 0 Å². The predicted molar refractivity (Wildman–Crippen MR) is 70.6 cm³/mol. The summed E-state index contributed by atoms with van der Waals surface area (Å²) in [6.45, 7) is 9.04. The third-order valence-electron chi connectivity index (χ3n) is 4.54. The van der Waals surface area contributed by atoms with Crippen molar-refractivity contribution in [3.63, 3.8) is 0 Å². The Kier molecular flexibility index (Phi) is 3.57. The average Bonchev–Trinajstić information content (AvgIpc) is 2.86. The summed E-state index contributed by atoms with van der Waals surface area (Å²) >= 11 is 0. The molecular weight excluding hydrogens is 210 g/mol. The van der Waals surface area contributed by atoms with Crippen molar-refractivity contribution in [3.8, 4) is 0 Å². The van der Waals surface area contributed by atoms with Crippen LogP contribution < -0.4 is 5.73 Å². The van der Waals surface area contributed by atoms with Crippen LogP contribution in [-0.2, 0) is 0 Å². The number of hydrogen-bond acceptors (Lipinski definition) is 2. The fourth-order valence-corrected chi connectivity index (χ4v) is 2.92. The summed E-state index contributed by atoms with van der Waals surface area (Å²) in [6, 6.07) is 0.688. The monoisotopic (exact) mass is 235 g/mol. The average molecular weight is 235 g/mol. The lowest BCUT2D eigenvalue weighted by Gasteiger charge is -2.25. The zero-order valence-corrected chi connectivity index (χ0v) is 11.4. The van der Waals surface area contributed by atoms with Gasteiger partial charge in [0.2, 0.25) is 0 Å². The lowest BCUT2D eigenvalue weighted by atomic mass is 9.96. The molecule has 0 saturated heterocycles. The number of rotatable bonds is 3. The van der Waals surface area contributed by atoms with Gasteiger partial charge in [-0.25, -0.2) is 4.98 Å². The molecule has 1 aliphatic carbocycles. The molecule has 0 radical (unpaired) electrons. The van der Waals surface area contributed by atoms with Gasteiger partial charge in [0.15, 0.2) is 0 Å². The van der Waals surface area contributed by atoms with Crippen LogP contribution in [0.1, 0.15) is 58.3 Å². The third-order valence-corrected chi connectivity index (χ3v) is 4.54. The molecule has 3 nitrogen and oxygen atoms in total. The highest BCUT2D eigenvalue weighted by Crippen LogP contribution is 2.41. The van der Waals surface area contributed by atoms with Crippen LogP contribution >= 0.6 is 0 Å². The van der Waals surface area contributed by atoms with Crippen molar-refractivity contribution in [2.45, 2.75) is 52.6 Å². The lowest BCUT2D eigenvalue weighted by molar-refractivity contribution is 0.336. The first-order valence-corrected chi connectivity index (χ1v) is 6.79. The molecule has 0 amide bonds. The maximum atomic E-state index is 6.27. The van der Waals surface area contributed by atoms with Crippen molar-refractivity contribution < 1.29 is 0 Å². The van der Waals surface area contributed by atoms with E-state index in [4.69, 9.17) is 5.73 Å². The fraction of sp³-hybridized carbons (Fsp3) is 0.786. The van der Waals surface area contributed by atoms with E-state index in [1.54, 1.807) is 0 Å². The van der Waals surface area contributed by atoms with Gasteiger partial charge in [0.25, 0.3) is 0 Å². The van der Waals surface area contributed by atoms with E-state index in [0.717, 1.165) is 11.8 Å². The molecule has 1 saturated carbocycles. The fourth-order valence-electron chi connectivity index (χ4n) is 2.92. The van der Waals surface area contributed by atoms with Gasteiger partial charge in [0.1, 0.15) is 0 Å². The standard InChI is InChI=1S/C14H25N3/c1-9(2)14(15)13-7-16-8-17(13)12-6-5-10(3)11(12)4/h7-12,14H,5-6,15H2,1-4H3. The molecule has 4 atom stereocenters. The quantitative estimate of drug-likeness (QED) is 0.874. The van der Waals surface area contributed by atoms with Gasteiger partial charge in [-0.05, 0) is 30.6 Å². The number of nitrogens with zero attached hydrogens (tertiary/aromatic N) is 2. The molecule has 0 aliphatic heterocycles. The highest BCUT2D eigenvalue weighted by Gasteiger charge is 2.32. The van der Waals surface area contributed by atoms with Crippen LogP contribution in [0.2, 0.25) is 0 Å². The second-order valence-electron chi connectivity index (χ2n) is 5.98. The summed E-state index contributed by atoms with van der Waals surface area (Å²) in [5.74, 6) is 1.99. The van der Waals surface area contributed by atoms with Crippen LogP contribution in [0.5, 0.6) is 0 Å². The highest BCUT2D eigenvalue weighted by molar-refractivity contribution is 5.08. The van der Waals surface area contributed by atoms with E-state index in [2.05, 4.69) is 37.2 Å². The molecular formula is C14H25N3. The third kappa shape index (κ3) is 2.25. The van der Waals surface area contributed by atoms with E-state index in [1.807, 2.05) is 12.5 Å². The van der Waals surface area contributed by atoms with Gasteiger partial charge < -0.3 is 10.3 Å². The SMILES string of the molecule is CC(C)C(N)c1cncn1C1CCC(C)C1C. The van der Waals surface area contributed by atoms with Crippen molar-refractivity contribution in [3.05, 3.63) is 18.2 Å². The van der Waals surface area contributed by atoms with Crippen molar-refractivity contribution in [2.75, 3.05) is 0 Å². The molecule has 1 aromatic heterocycles. The Morgan fingerprint density at radius 1 is 1.35 bits per heavy atom. The summed E-state index contributed by atoms with van der Waals surface area (Å²) in [7, 11) is 0. The van der Waals surface area contributed by atoms with Crippen LogP contribution in [0.3, 0.4) is 0 Å². The number of hydrogen-bond donors (Lipinski definition) is 1. The molecule has 4 unspecified atom stereocenters. The summed E-state index contributed by atoms with van der Waals surface area (Å²) in [5, 5.41) is 0. The first-order chi connectivity index (χ1) is 8.02. The van der Waals surface area contributed by atoms with Gasteiger partial charge in [-0.2, -0.15) is 0 Å². The van der Waals surface area contributed by atoms with Gasteiger partial charge in [0.05, 0.1) is 12.0 Å². The Hall–Kier alpha value is -0.830. The van der Waals surface area contributed by atoms with Crippen LogP contribution in [0.25, 0.3) is 0 Å². The molecule has 1 fully saturated rings. The molecule has 0 aromatic carbocycles. The van der Waals surface area contributed by atoms with Crippen LogP contribution in [-0.4, -0.2) is 9.55 Å². The molecule has 2 rings (SSSR count). The summed E-state index contributed by atoms with van der Waals surface area (Å²) in [5.41, 5.74) is 7.47. The summed E-state index contributed by atoms with van der Waals surface area (Å²) < 4.78 is 2.33. The van der Waals surface area contributed by atoms with Crippen LogP contribution in [0.4, 0.5) is 0 Å². The molecule has 0 bridgehead atoms. The minimum absolute atomic E-state index is 0.0978. The highest BCUT2D eigenvalue weighted by atomic mass is 15.1. The molecule has 0 spiro atoms. The van der Waals surface area contributed by atoms with Gasteiger partial charge in [-0.15, -0.1) is 0 Å². The van der Waals surface area contributed by atoms with Crippen LogP contribution in [0, 0.1) is 17.8 Å².